The van der Waals surface area contributed by atoms with Crippen molar-refractivity contribution in [3.8, 4) is 5.75 Å². The molecule has 0 aliphatic carbocycles. The molecule has 1 saturated heterocycles. The Kier molecular flexibility index (Phi) is 5.02. The van der Waals surface area contributed by atoms with Crippen LogP contribution in [-0.2, 0) is 16.1 Å². The molecular formula is C20H22N4O3. The number of fused-ring (bicyclic) bond motifs is 1. The topological polar surface area (TPSA) is 69.5 Å². The van der Waals surface area contributed by atoms with E-state index in [9.17, 15) is 4.79 Å². The summed E-state index contributed by atoms with van der Waals surface area (Å²) in [7, 11) is 1.67. The molecule has 1 atom stereocenters. The minimum atomic E-state index is -0.111. The zero-order valence-electron chi connectivity index (χ0n) is 15.2. The SMILES string of the molecule is COc1ccc2cc([C@@H]3CN(C(=O)CCn4cncn4)CCO3)ccc2c1. The Bertz CT molecular complexity index is 926. The zero-order chi connectivity index (χ0) is 18.6. The lowest BCUT2D eigenvalue weighted by Gasteiger charge is -2.33. The number of rotatable bonds is 5. The lowest BCUT2D eigenvalue weighted by Crippen LogP contribution is -2.42. The van der Waals surface area contributed by atoms with Crippen molar-refractivity contribution in [3.63, 3.8) is 0 Å². The Balaban J connectivity index is 1.44. The van der Waals surface area contributed by atoms with Gasteiger partial charge in [-0.2, -0.15) is 5.10 Å². The van der Waals surface area contributed by atoms with Gasteiger partial charge in [-0.15, -0.1) is 0 Å². The molecule has 7 heteroatoms. The number of hydrogen-bond acceptors (Lipinski definition) is 5. The number of amides is 1. The van der Waals surface area contributed by atoms with E-state index in [1.54, 1.807) is 18.1 Å². The average molecular weight is 366 g/mol. The number of methoxy groups -OCH3 is 1. The predicted octanol–water partition coefficient (Wildman–Crippen LogP) is 2.43. The number of nitrogens with zero attached hydrogens (tertiary/aromatic N) is 4. The van der Waals surface area contributed by atoms with Crippen LogP contribution >= 0.6 is 0 Å². The van der Waals surface area contributed by atoms with Crippen LogP contribution in [0.3, 0.4) is 0 Å². The molecule has 2 aromatic carbocycles. The molecule has 7 nitrogen and oxygen atoms in total. The van der Waals surface area contributed by atoms with Crippen LogP contribution in [0.5, 0.6) is 5.75 Å². The van der Waals surface area contributed by atoms with Crippen molar-refractivity contribution in [1.82, 2.24) is 19.7 Å². The largest absolute Gasteiger partial charge is 0.497 e. The number of aromatic nitrogens is 3. The van der Waals surface area contributed by atoms with E-state index >= 15 is 0 Å². The molecule has 1 aliphatic rings. The van der Waals surface area contributed by atoms with Gasteiger partial charge in [0.15, 0.2) is 0 Å². The first kappa shape index (κ1) is 17.5. The second-order valence-corrected chi connectivity index (χ2v) is 6.58. The van der Waals surface area contributed by atoms with Crippen molar-refractivity contribution in [2.45, 2.75) is 19.1 Å². The standard InChI is InChI=1S/C20H22N4O3/c1-26-18-5-4-15-10-17(3-2-16(15)11-18)19-12-23(8-9-27-19)20(25)6-7-24-14-21-13-22-24/h2-5,10-11,13-14,19H,6-9,12H2,1H3/t19-/m0/s1. The van der Waals surface area contributed by atoms with Gasteiger partial charge in [-0.3, -0.25) is 9.48 Å². The third-order valence-electron chi connectivity index (χ3n) is 4.88. The molecule has 4 rings (SSSR count). The molecule has 0 saturated carbocycles. The number of carbonyl (C=O) groups excluding carboxylic acids is 1. The van der Waals surface area contributed by atoms with Gasteiger partial charge < -0.3 is 14.4 Å². The molecule has 2 heterocycles. The normalized spacial score (nSPS) is 17.2. The summed E-state index contributed by atoms with van der Waals surface area (Å²) in [4.78, 5) is 18.3. The summed E-state index contributed by atoms with van der Waals surface area (Å²) in [5.41, 5.74) is 1.08. The second kappa shape index (κ2) is 7.75. The van der Waals surface area contributed by atoms with Crippen molar-refractivity contribution in [1.29, 1.82) is 0 Å². The van der Waals surface area contributed by atoms with Gasteiger partial charge >= 0.3 is 0 Å². The summed E-state index contributed by atoms with van der Waals surface area (Å²) in [6.07, 6.45) is 3.40. The van der Waals surface area contributed by atoms with Crippen LogP contribution < -0.4 is 4.74 Å². The third kappa shape index (κ3) is 3.93. The fourth-order valence-corrected chi connectivity index (χ4v) is 3.36. The van der Waals surface area contributed by atoms with Crippen LogP contribution in [-0.4, -0.2) is 52.4 Å². The lowest BCUT2D eigenvalue weighted by atomic mass is 10.0. The number of ether oxygens (including phenoxy) is 2. The average Bonchev–Trinajstić information content (AvgIpc) is 3.25. The number of morpholine rings is 1. The Morgan fingerprint density at radius 2 is 2.11 bits per heavy atom. The van der Waals surface area contributed by atoms with Gasteiger partial charge in [-0.05, 0) is 34.5 Å². The van der Waals surface area contributed by atoms with Crippen LogP contribution in [0.25, 0.3) is 10.8 Å². The van der Waals surface area contributed by atoms with Crippen LogP contribution in [0.1, 0.15) is 18.1 Å². The van der Waals surface area contributed by atoms with Crippen LogP contribution in [0.4, 0.5) is 0 Å². The fraction of sp³-hybridized carbons (Fsp3) is 0.350. The molecule has 0 unspecified atom stereocenters. The summed E-state index contributed by atoms with van der Waals surface area (Å²) in [6, 6.07) is 12.3. The van der Waals surface area contributed by atoms with E-state index in [2.05, 4.69) is 28.3 Å². The first-order valence-electron chi connectivity index (χ1n) is 9.02. The predicted molar refractivity (Wildman–Crippen MR) is 100 cm³/mol. The van der Waals surface area contributed by atoms with E-state index in [-0.39, 0.29) is 12.0 Å². The Labute approximate surface area is 157 Å². The Morgan fingerprint density at radius 1 is 1.26 bits per heavy atom. The highest BCUT2D eigenvalue weighted by Gasteiger charge is 2.25. The Hall–Kier alpha value is -2.93. The third-order valence-corrected chi connectivity index (χ3v) is 4.88. The van der Waals surface area contributed by atoms with E-state index < -0.39 is 0 Å². The van der Waals surface area contributed by atoms with Gasteiger partial charge in [0.1, 0.15) is 24.5 Å². The molecule has 3 aromatic rings. The highest BCUT2D eigenvalue weighted by atomic mass is 16.5. The maximum absolute atomic E-state index is 12.5. The molecule has 140 valence electrons. The molecule has 1 amide bonds. The van der Waals surface area contributed by atoms with E-state index in [4.69, 9.17) is 9.47 Å². The van der Waals surface area contributed by atoms with Crippen LogP contribution in [0, 0.1) is 0 Å². The summed E-state index contributed by atoms with van der Waals surface area (Å²) in [6.45, 7) is 2.27. The molecule has 27 heavy (non-hydrogen) atoms. The number of hydrogen-bond donors (Lipinski definition) is 0. The summed E-state index contributed by atoms with van der Waals surface area (Å²) in [5, 5.41) is 6.29. The second-order valence-electron chi connectivity index (χ2n) is 6.58. The van der Waals surface area contributed by atoms with Crippen molar-refractivity contribution >= 4 is 16.7 Å². The van der Waals surface area contributed by atoms with E-state index in [1.807, 2.05) is 23.1 Å². The molecule has 0 bridgehead atoms. The van der Waals surface area contributed by atoms with Gasteiger partial charge in [-0.1, -0.05) is 18.2 Å². The molecule has 1 aromatic heterocycles. The van der Waals surface area contributed by atoms with Gasteiger partial charge in [0.2, 0.25) is 5.91 Å². The molecular weight excluding hydrogens is 344 g/mol. The maximum Gasteiger partial charge on any atom is 0.224 e. The number of carbonyl (C=O) groups is 1. The van der Waals surface area contributed by atoms with E-state index in [0.29, 0.717) is 32.7 Å². The van der Waals surface area contributed by atoms with Gasteiger partial charge in [-0.25, -0.2) is 4.98 Å². The monoisotopic (exact) mass is 366 g/mol. The Morgan fingerprint density at radius 3 is 2.93 bits per heavy atom. The van der Waals surface area contributed by atoms with Crippen molar-refractivity contribution in [2.75, 3.05) is 26.8 Å². The minimum absolute atomic E-state index is 0.111. The smallest absolute Gasteiger partial charge is 0.224 e. The molecule has 1 fully saturated rings. The lowest BCUT2D eigenvalue weighted by molar-refractivity contribution is -0.139. The molecule has 0 radical (unpaired) electrons. The van der Waals surface area contributed by atoms with Gasteiger partial charge in [0.05, 0.1) is 26.8 Å². The molecule has 0 spiro atoms. The van der Waals surface area contributed by atoms with Gasteiger partial charge in [0, 0.05) is 13.0 Å². The van der Waals surface area contributed by atoms with E-state index in [1.165, 1.54) is 6.33 Å². The fourth-order valence-electron chi connectivity index (χ4n) is 3.36. The number of aryl methyl sites for hydroxylation is 1. The summed E-state index contributed by atoms with van der Waals surface area (Å²) < 4.78 is 12.9. The summed E-state index contributed by atoms with van der Waals surface area (Å²) in [5.74, 6) is 0.956. The molecule has 0 N–H and O–H groups in total. The van der Waals surface area contributed by atoms with Crippen molar-refractivity contribution in [3.05, 3.63) is 54.6 Å². The van der Waals surface area contributed by atoms with Crippen molar-refractivity contribution in [2.24, 2.45) is 0 Å². The number of benzene rings is 2. The summed E-state index contributed by atoms with van der Waals surface area (Å²) >= 11 is 0. The van der Waals surface area contributed by atoms with Crippen LogP contribution in [0.15, 0.2) is 49.1 Å². The highest BCUT2D eigenvalue weighted by molar-refractivity contribution is 5.84. The zero-order valence-corrected chi connectivity index (χ0v) is 15.2. The maximum atomic E-state index is 12.5. The highest BCUT2D eigenvalue weighted by Crippen LogP contribution is 2.28. The minimum Gasteiger partial charge on any atom is -0.497 e. The molecule has 1 aliphatic heterocycles. The van der Waals surface area contributed by atoms with E-state index in [0.717, 1.165) is 22.1 Å². The quantitative estimate of drug-likeness (QED) is 0.694. The van der Waals surface area contributed by atoms with Gasteiger partial charge in [0.25, 0.3) is 0 Å². The first-order valence-corrected chi connectivity index (χ1v) is 9.02. The van der Waals surface area contributed by atoms with Crippen molar-refractivity contribution < 1.29 is 14.3 Å². The first-order chi connectivity index (χ1) is 13.2. The van der Waals surface area contributed by atoms with Crippen LogP contribution in [0.2, 0.25) is 0 Å².